The number of para-hydroxylation sites is 1. The van der Waals surface area contributed by atoms with Crippen molar-refractivity contribution < 1.29 is 14.4 Å². The van der Waals surface area contributed by atoms with E-state index in [9.17, 15) is 14.4 Å². The van der Waals surface area contributed by atoms with Gasteiger partial charge in [0.1, 0.15) is 6.04 Å². The lowest BCUT2D eigenvalue weighted by Gasteiger charge is -2.35. The molecule has 2 bridgehead atoms. The van der Waals surface area contributed by atoms with E-state index in [1.54, 1.807) is 9.80 Å². The Bertz CT molecular complexity index is 1560. The maximum absolute atomic E-state index is 13.7. The Morgan fingerprint density at radius 2 is 1.54 bits per heavy atom. The van der Waals surface area contributed by atoms with E-state index in [1.807, 2.05) is 97.1 Å². The quantitative estimate of drug-likeness (QED) is 0.396. The molecule has 3 unspecified atom stereocenters. The number of fused-ring (bicyclic) bond motifs is 6. The maximum atomic E-state index is 13.7. The summed E-state index contributed by atoms with van der Waals surface area (Å²) in [5, 5.41) is 4.89. The van der Waals surface area contributed by atoms with Gasteiger partial charge in [-0.05, 0) is 29.5 Å². The summed E-state index contributed by atoms with van der Waals surface area (Å²) >= 11 is 0. The van der Waals surface area contributed by atoms with Crippen molar-refractivity contribution in [2.75, 3.05) is 16.8 Å². The number of likely N-dealkylation sites (tertiary alicyclic amines) is 1. The first-order valence-corrected chi connectivity index (χ1v) is 12.5. The molecule has 0 aromatic heterocycles. The van der Waals surface area contributed by atoms with Crippen molar-refractivity contribution >= 4 is 40.1 Å². The zero-order valence-electron chi connectivity index (χ0n) is 20.0. The highest BCUT2D eigenvalue weighted by molar-refractivity contribution is 6.25. The van der Waals surface area contributed by atoms with Gasteiger partial charge in [-0.25, -0.2) is 14.5 Å². The van der Waals surface area contributed by atoms with Crippen molar-refractivity contribution in [3.8, 4) is 11.1 Å². The van der Waals surface area contributed by atoms with Crippen LogP contribution in [0.5, 0.6) is 0 Å². The van der Waals surface area contributed by atoms with E-state index in [2.05, 4.69) is 5.32 Å². The minimum absolute atomic E-state index is 0.179. The molecule has 0 aliphatic carbocycles. The Balaban J connectivity index is 1.17. The van der Waals surface area contributed by atoms with E-state index < -0.39 is 6.04 Å². The summed E-state index contributed by atoms with van der Waals surface area (Å²) in [5.74, 6) is -0.268. The van der Waals surface area contributed by atoms with Gasteiger partial charge < -0.3 is 15.1 Å². The predicted molar refractivity (Wildman–Crippen MR) is 142 cm³/mol. The van der Waals surface area contributed by atoms with Crippen molar-refractivity contribution in [1.82, 2.24) is 9.80 Å². The second-order valence-corrected chi connectivity index (χ2v) is 9.76. The number of nitrogens with zero attached hydrogens (tertiary/aromatic N) is 3. The topological polar surface area (TPSA) is 73.0 Å². The highest BCUT2D eigenvalue weighted by Crippen LogP contribution is 2.43. The highest BCUT2D eigenvalue weighted by atomic mass is 16.2. The average Bonchev–Trinajstić information content (AvgIpc) is 3.60. The molecular weight excluding hydrogens is 464 g/mol. The number of carbonyl (C=O) groups excluding carboxylic acids is 3. The first-order valence-electron chi connectivity index (χ1n) is 12.5. The monoisotopic (exact) mass is 488 g/mol. The number of hydrogen-bond donors (Lipinski definition) is 1. The smallest absolute Gasteiger partial charge is 0.317 e. The number of carbonyl (C=O) groups is 3. The van der Waals surface area contributed by atoms with Gasteiger partial charge in [-0.1, -0.05) is 84.9 Å². The van der Waals surface area contributed by atoms with Gasteiger partial charge in [0.25, 0.3) is 5.91 Å². The molecule has 5 amide bonds. The van der Waals surface area contributed by atoms with Crippen LogP contribution in [0, 0.1) is 0 Å². The van der Waals surface area contributed by atoms with E-state index in [-0.39, 0.29) is 30.1 Å². The summed E-state index contributed by atoms with van der Waals surface area (Å²) in [5.41, 5.74) is 3.24. The average molecular weight is 489 g/mol. The third-order valence-electron chi connectivity index (χ3n) is 7.79. The van der Waals surface area contributed by atoms with Gasteiger partial charge in [0.2, 0.25) is 0 Å². The summed E-state index contributed by atoms with van der Waals surface area (Å²) in [7, 11) is 0. The third kappa shape index (κ3) is 3.24. The molecule has 37 heavy (non-hydrogen) atoms. The maximum Gasteiger partial charge on any atom is 0.332 e. The summed E-state index contributed by atoms with van der Waals surface area (Å²) < 4.78 is 0. The van der Waals surface area contributed by atoms with Gasteiger partial charge in [0.15, 0.2) is 0 Å². The standard InChI is InChI=1S/C30H24N4O3/c35-28-27-26-17-21(33(27)30(37)34(28)25-16-8-12-20-11-4-5-14-23(20)25)18-32(26)29(36)31-24-15-7-6-13-22(24)19-9-2-1-3-10-19/h1-16,21,26-27H,17-18H2,(H,31,36). The van der Waals surface area contributed by atoms with Gasteiger partial charge in [-0.2, -0.15) is 0 Å². The first-order chi connectivity index (χ1) is 18.1. The third-order valence-corrected chi connectivity index (χ3v) is 7.79. The number of rotatable bonds is 3. The van der Waals surface area contributed by atoms with Crippen LogP contribution in [0.4, 0.5) is 21.0 Å². The Kier molecular flexibility index (Phi) is 4.79. The largest absolute Gasteiger partial charge is 0.332 e. The SMILES string of the molecule is O=C1C2C3CC(CN3C(=O)Nc3ccccc3-c3ccccc3)N2C(=O)N1c1cccc2ccccc12. The highest BCUT2D eigenvalue weighted by Gasteiger charge is 2.63. The summed E-state index contributed by atoms with van der Waals surface area (Å²) in [4.78, 5) is 45.4. The van der Waals surface area contributed by atoms with Gasteiger partial charge >= 0.3 is 12.1 Å². The van der Waals surface area contributed by atoms with Crippen LogP contribution in [0.1, 0.15) is 6.42 Å². The van der Waals surface area contributed by atoms with Gasteiger partial charge in [0, 0.05) is 17.5 Å². The second-order valence-electron chi connectivity index (χ2n) is 9.76. The van der Waals surface area contributed by atoms with Crippen LogP contribution in [0.25, 0.3) is 21.9 Å². The van der Waals surface area contributed by atoms with Crippen LogP contribution in [0.2, 0.25) is 0 Å². The molecule has 4 aromatic carbocycles. The molecule has 7 rings (SSSR count). The van der Waals surface area contributed by atoms with Gasteiger partial charge in [-0.15, -0.1) is 0 Å². The number of anilines is 2. The van der Waals surface area contributed by atoms with Crippen molar-refractivity contribution in [2.45, 2.75) is 24.5 Å². The summed E-state index contributed by atoms with van der Waals surface area (Å²) in [6.45, 7) is 0.406. The molecule has 4 aromatic rings. The predicted octanol–water partition coefficient (Wildman–Crippen LogP) is 5.33. The number of imide groups is 1. The Labute approximate surface area is 213 Å². The molecule has 7 nitrogen and oxygen atoms in total. The molecule has 0 saturated carbocycles. The van der Waals surface area contributed by atoms with Crippen molar-refractivity contribution in [1.29, 1.82) is 0 Å². The second kappa shape index (κ2) is 8.20. The molecule has 1 N–H and O–H groups in total. The van der Waals surface area contributed by atoms with Gasteiger partial charge in [-0.3, -0.25) is 4.79 Å². The van der Waals surface area contributed by atoms with Crippen LogP contribution in [0.15, 0.2) is 97.1 Å². The van der Waals surface area contributed by atoms with E-state index >= 15 is 0 Å². The number of hydrogen-bond acceptors (Lipinski definition) is 3. The lowest BCUT2D eigenvalue weighted by molar-refractivity contribution is -0.120. The number of piperazine rings is 1. The normalized spacial score (nSPS) is 22.2. The molecule has 3 fully saturated rings. The summed E-state index contributed by atoms with van der Waals surface area (Å²) in [6, 6.07) is 29.2. The Morgan fingerprint density at radius 1 is 0.811 bits per heavy atom. The molecule has 3 aliphatic heterocycles. The fraction of sp³-hybridized carbons (Fsp3) is 0.167. The molecule has 7 heteroatoms. The molecule has 182 valence electrons. The number of amides is 5. The fourth-order valence-electron chi connectivity index (χ4n) is 6.16. The molecule has 3 atom stereocenters. The minimum Gasteiger partial charge on any atom is -0.317 e. The van der Waals surface area contributed by atoms with Crippen molar-refractivity contribution in [3.05, 3.63) is 97.1 Å². The van der Waals surface area contributed by atoms with E-state index in [4.69, 9.17) is 0 Å². The van der Waals surface area contributed by atoms with Crippen LogP contribution in [0.3, 0.4) is 0 Å². The number of nitrogens with one attached hydrogen (secondary N) is 1. The first kappa shape index (κ1) is 21.6. The Morgan fingerprint density at radius 3 is 2.41 bits per heavy atom. The summed E-state index contributed by atoms with van der Waals surface area (Å²) in [6.07, 6.45) is 0.610. The molecule has 3 saturated heterocycles. The number of benzene rings is 4. The lowest BCUT2D eigenvalue weighted by atomic mass is 10.0. The fourth-order valence-corrected chi connectivity index (χ4v) is 6.16. The molecule has 0 radical (unpaired) electrons. The van der Waals surface area contributed by atoms with Crippen molar-refractivity contribution in [2.24, 2.45) is 0 Å². The van der Waals surface area contributed by atoms with E-state index in [1.165, 1.54) is 4.90 Å². The molecule has 3 aliphatic rings. The van der Waals surface area contributed by atoms with Crippen LogP contribution in [-0.2, 0) is 4.79 Å². The molecular formula is C30H24N4O3. The molecule has 3 heterocycles. The van der Waals surface area contributed by atoms with E-state index in [0.717, 1.165) is 21.9 Å². The molecule has 0 spiro atoms. The van der Waals surface area contributed by atoms with Crippen LogP contribution < -0.4 is 10.2 Å². The van der Waals surface area contributed by atoms with E-state index in [0.29, 0.717) is 24.3 Å². The minimum atomic E-state index is -0.666. The van der Waals surface area contributed by atoms with Gasteiger partial charge in [0.05, 0.1) is 23.5 Å². The van der Waals surface area contributed by atoms with Crippen LogP contribution in [-0.4, -0.2) is 52.4 Å². The van der Waals surface area contributed by atoms with Crippen LogP contribution >= 0.6 is 0 Å². The van der Waals surface area contributed by atoms with Crippen molar-refractivity contribution in [3.63, 3.8) is 0 Å². The number of urea groups is 2. The zero-order chi connectivity index (χ0) is 25.1. The lowest BCUT2D eigenvalue weighted by Crippen LogP contribution is -2.55. The Hall–Kier alpha value is -4.65. The zero-order valence-corrected chi connectivity index (χ0v) is 20.0.